The lowest BCUT2D eigenvalue weighted by atomic mass is 10.1. The molecule has 0 aliphatic heterocycles. The Morgan fingerprint density at radius 1 is 0.600 bits per heavy atom. The maximum atomic E-state index is 4.69. The van der Waals surface area contributed by atoms with Crippen molar-refractivity contribution in [2.45, 2.75) is 6.92 Å². The number of hydrogen-bond donors (Lipinski definition) is 0. The minimum atomic E-state index is 0.528. The van der Waals surface area contributed by atoms with Gasteiger partial charge in [0, 0.05) is 23.5 Å². The summed E-state index contributed by atoms with van der Waals surface area (Å²) in [5, 5.41) is 0. The number of rotatable bonds is 3. The lowest BCUT2D eigenvalue weighted by Gasteiger charge is -2.08. The molecule has 4 heteroatoms. The molecule has 0 fully saturated rings. The van der Waals surface area contributed by atoms with E-state index in [-0.39, 0.29) is 0 Å². The second-order valence-electron chi connectivity index (χ2n) is 5.78. The van der Waals surface area contributed by atoms with E-state index >= 15 is 0 Å². The van der Waals surface area contributed by atoms with Crippen LogP contribution in [0.25, 0.3) is 34.2 Å². The fourth-order valence-corrected chi connectivity index (χ4v) is 2.57. The molecule has 0 atom stereocenters. The van der Waals surface area contributed by atoms with Crippen molar-refractivity contribution in [1.29, 1.82) is 0 Å². The molecule has 0 unspecified atom stereocenters. The normalized spacial score (nSPS) is 10.6. The van der Waals surface area contributed by atoms with Crippen molar-refractivity contribution in [2.75, 3.05) is 0 Å². The van der Waals surface area contributed by atoms with Crippen LogP contribution in [0.4, 0.5) is 0 Å². The van der Waals surface area contributed by atoms with Crippen LogP contribution in [-0.2, 0) is 0 Å². The van der Waals surface area contributed by atoms with Crippen LogP contribution in [0.1, 0.15) is 5.56 Å². The molecular weight excluding hydrogens is 308 g/mol. The van der Waals surface area contributed by atoms with Crippen molar-refractivity contribution in [3.05, 3.63) is 84.7 Å². The molecule has 0 aliphatic rings. The van der Waals surface area contributed by atoms with E-state index in [1.165, 1.54) is 0 Å². The van der Waals surface area contributed by atoms with Gasteiger partial charge in [-0.1, -0.05) is 60.7 Å². The maximum absolute atomic E-state index is 4.69. The molecular formula is C21H16N4. The van der Waals surface area contributed by atoms with Gasteiger partial charge in [-0.25, -0.2) is 19.9 Å². The van der Waals surface area contributed by atoms with Gasteiger partial charge < -0.3 is 0 Å². The first-order valence-electron chi connectivity index (χ1n) is 8.08. The lowest BCUT2D eigenvalue weighted by Crippen LogP contribution is -1.99. The van der Waals surface area contributed by atoms with Crippen molar-refractivity contribution < 1.29 is 0 Å². The Morgan fingerprint density at radius 2 is 1.08 bits per heavy atom. The van der Waals surface area contributed by atoms with E-state index in [0.717, 1.165) is 28.1 Å². The van der Waals surface area contributed by atoms with Gasteiger partial charge in [-0.3, -0.25) is 0 Å². The van der Waals surface area contributed by atoms with Crippen molar-refractivity contribution in [2.24, 2.45) is 0 Å². The van der Waals surface area contributed by atoms with Crippen LogP contribution < -0.4 is 0 Å². The molecule has 2 aromatic heterocycles. The molecule has 4 nitrogen and oxygen atoms in total. The quantitative estimate of drug-likeness (QED) is 0.553. The SMILES string of the molecule is Cc1cnc(-c2nc(-c3ccccc3)cc(-c3ccccc3)n2)nc1. The first kappa shape index (κ1) is 15.1. The Labute approximate surface area is 146 Å². The van der Waals surface area contributed by atoms with Crippen LogP contribution in [0.5, 0.6) is 0 Å². The Morgan fingerprint density at radius 3 is 1.56 bits per heavy atom. The zero-order chi connectivity index (χ0) is 17.1. The summed E-state index contributed by atoms with van der Waals surface area (Å²) in [5.74, 6) is 1.06. The van der Waals surface area contributed by atoms with Gasteiger partial charge in [-0.05, 0) is 18.6 Å². The number of aromatic nitrogens is 4. The molecule has 4 aromatic rings. The molecule has 25 heavy (non-hydrogen) atoms. The van der Waals surface area contributed by atoms with E-state index in [9.17, 15) is 0 Å². The Balaban J connectivity index is 1.90. The standard InChI is InChI=1S/C21H16N4/c1-15-13-22-20(23-14-15)21-24-18(16-8-4-2-5-9-16)12-19(25-21)17-10-6-3-7-11-17/h2-14H,1H3. The van der Waals surface area contributed by atoms with E-state index in [1.54, 1.807) is 12.4 Å². The fraction of sp³-hybridized carbons (Fsp3) is 0.0476. The average molecular weight is 324 g/mol. The Hall–Kier alpha value is -3.40. The van der Waals surface area contributed by atoms with E-state index in [1.807, 2.05) is 73.7 Å². The summed E-state index contributed by atoms with van der Waals surface area (Å²) in [7, 11) is 0. The first-order chi connectivity index (χ1) is 12.3. The number of benzene rings is 2. The van der Waals surface area contributed by atoms with Crippen LogP contribution in [-0.4, -0.2) is 19.9 Å². The summed E-state index contributed by atoms with van der Waals surface area (Å²) in [5.41, 5.74) is 4.79. The summed E-state index contributed by atoms with van der Waals surface area (Å²) in [6, 6.07) is 22.1. The highest BCUT2D eigenvalue weighted by molar-refractivity contribution is 5.70. The predicted octanol–water partition coefficient (Wildman–Crippen LogP) is 4.58. The average Bonchev–Trinajstić information content (AvgIpc) is 2.69. The van der Waals surface area contributed by atoms with Gasteiger partial charge in [0.15, 0.2) is 11.6 Å². The fourth-order valence-electron chi connectivity index (χ4n) is 2.57. The number of hydrogen-bond acceptors (Lipinski definition) is 4. The smallest absolute Gasteiger partial charge is 0.198 e. The van der Waals surface area contributed by atoms with Crippen molar-refractivity contribution in [3.8, 4) is 34.2 Å². The molecule has 0 saturated carbocycles. The molecule has 0 spiro atoms. The van der Waals surface area contributed by atoms with Gasteiger partial charge in [0.25, 0.3) is 0 Å². The van der Waals surface area contributed by atoms with Crippen LogP contribution >= 0.6 is 0 Å². The lowest BCUT2D eigenvalue weighted by molar-refractivity contribution is 1.07. The third kappa shape index (κ3) is 3.28. The highest BCUT2D eigenvalue weighted by Gasteiger charge is 2.11. The summed E-state index contributed by atoms with van der Waals surface area (Å²) in [6.45, 7) is 1.96. The number of aryl methyl sites for hydroxylation is 1. The van der Waals surface area contributed by atoms with Crippen molar-refractivity contribution in [3.63, 3.8) is 0 Å². The molecule has 0 aliphatic carbocycles. The molecule has 0 N–H and O–H groups in total. The second kappa shape index (κ2) is 6.61. The minimum Gasteiger partial charge on any atom is -0.234 e. The third-order valence-corrected chi connectivity index (χ3v) is 3.85. The molecule has 120 valence electrons. The summed E-state index contributed by atoms with van der Waals surface area (Å²) >= 11 is 0. The Kier molecular flexibility index (Phi) is 4.01. The zero-order valence-electron chi connectivity index (χ0n) is 13.8. The summed E-state index contributed by atoms with van der Waals surface area (Å²) in [4.78, 5) is 18.1. The van der Waals surface area contributed by atoms with Gasteiger partial charge >= 0.3 is 0 Å². The largest absolute Gasteiger partial charge is 0.234 e. The van der Waals surface area contributed by atoms with Crippen molar-refractivity contribution >= 4 is 0 Å². The highest BCUT2D eigenvalue weighted by atomic mass is 15.0. The van der Waals surface area contributed by atoms with Crippen LogP contribution in [0, 0.1) is 6.92 Å². The zero-order valence-corrected chi connectivity index (χ0v) is 13.8. The van der Waals surface area contributed by atoms with E-state index < -0.39 is 0 Å². The van der Waals surface area contributed by atoms with Gasteiger partial charge in [0.2, 0.25) is 0 Å². The van der Waals surface area contributed by atoms with Gasteiger partial charge in [0.05, 0.1) is 11.4 Å². The van der Waals surface area contributed by atoms with Crippen LogP contribution in [0.15, 0.2) is 79.1 Å². The summed E-state index contributed by atoms with van der Waals surface area (Å²) < 4.78 is 0. The van der Waals surface area contributed by atoms with Gasteiger partial charge in [-0.15, -0.1) is 0 Å². The molecule has 0 bridgehead atoms. The number of nitrogens with zero attached hydrogens (tertiary/aromatic N) is 4. The first-order valence-corrected chi connectivity index (χ1v) is 8.08. The van der Waals surface area contributed by atoms with E-state index in [0.29, 0.717) is 11.6 Å². The predicted molar refractivity (Wildman–Crippen MR) is 98.7 cm³/mol. The second-order valence-corrected chi connectivity index (χ2v) is 5.78. The molecule has 4 rings (SSSR count). The maximum Gasteiger partial charge on any atom is 0.198 e. The van der Waals surface area contributed by atoms with E-state index in [4.69, 9.17) is 9.97 Å². The summed E-state index contributed by atoms with van der Waals surface area (Å²) in [6.07, 6.45) is 3.56. The van der Waals surface area contributed by atoms with Crippen LogP contribution in [0.2, 0.25) is 0 Å². The third-order valence-electron chi connectivity index (χ3n) is 3.85. The Bertz CT molecular complexity index is 924. The highest BCUT2D eigenvalue weighted by Crippen LogP contribution is 2.25. The molecule has 0 amide bonds. The monoisotopic (exact) mass is 324 g/mol. The topological polar surface area (TPSA) is 51.6 Å². The molecule has 2 heterocycles. The molecule has 2 aromatic carbocycles. The van der Waals surface area contributed by atoms with Crippen LogP contribution in [0.3, 0.4) is 0 Å². The van der Waals surface area contributed by atoms with E-state index in [2.05, 4.69) is 9.97 Å². The van der Waals surface area contributed by atoms with Crippen molar-refractivity contribution in [1.82, 2.24) is 19.9 Å². The van der Waals surface area contributed by atoms with Gasteiger partial charge in [0.1, 0.15) is 0 Å². The minimum absolute atomic E-state index is 0.528. The van der Waals surface area contributed by atoms with Gasteiger partial charge in [-0.2, -0.15) is 0 Å². The molecule has 0 radical (unpaired) electrons. The molecule has 0 saturated heterocycles.